The smallest absolute Gasteiger partial charge is 0.170 e. The van der Waals surface area contributed by atoms with E-state index in [1.807, 2.05) is 13.8 Å². The molecular formula is C12H24N2O2. The van der Waals surface area contributed by atoms with Gasteiger partial charge in [0.25, 0.3) is 0 Å². The standard InChI is InChI=1S/C12H24N2O2/c1-5-15-12(16-6-2)10-14(11(3)4)9-7-8-13/h11-12H,5-7,9-10H2,1-4H3. The molecular weight excluding hydrogens is 204 g/mol. The van der Waals surface area contributed by atoms with Crippen molar-refractivity contribution in [3.05, 3.63) is 0 Å². The van der Waals surface area contributed by atoms with E-state index in [0.717, 1.165) is 13.1 Å². The van der Waals surface area contributed by atoms with Gasteiger partial charge in [0.15, 0.2) is 6.29 Å². The molecule has 4 nitrogen and oxygen atoms in total. The first-order valence-electron chi connectivity index (χ1n) is 5.99. The number of hydrogen-bond donors (Lipinski definition) is 0. The first-order chi connectivity index (χ1) is 7.65. The van der Waals surface area contributed by atoms with Gasteiger partial charge in [-0.25, -0.2) is 0 Å². The van der Waals surface area contributed by atoms with Crippen LogP contribution in [-0.4, -0.2) is 43.5 Å². The number of nitrogens with zero attached hydrogens (tertiary/aromatic N) is 2. The third-order valence-electron chi connectivity index (χ3n) is 2.33. The van der Waals surface area contributed by atoms with E-state index < -0.39 is 0 Å². The Morgan fingerprint density at radius 1 is 1.19 bits per heavy atom. The van der Waals surface area contributed by atoms with Gasteiger partial charge in [0.1, 0.15) is 0 Å². The Labute approximate surface area is 99.1 Å². The minimum absolute atomic E-state index is 0.184. The summed E-state index contributed by atoms with van der Waals surface area (Å²) in [5.74, 6) is 0. The molecule has 4 heteroatoms. The summed E-state index contributed by atoms with van der Waals surface area (Å²) in [6.07, 6.45) is 0.361. The molecule has 0 aromatic carbocycles. The Balaban J connectivity index is 4.15. The zero-order chi connectivity index (χ0) is 12.4. The lowest BCUT2D eigenvalue weighted by molar-refractivity contribution is -0.149. The fraction of sp³-hybridized carbons (Fsp3) is 0.917. The first kappa shape index (κ1) is 15.4. The van der Waals surface area contributed by atoms with Gasteiger partial charge in [-0.3, -0.25) is 4.90 Å². The van der Waals surface area contributed by atoms with Crippen molar-refractivity contribution < 1.29 is 9.47 Å². The van der Waals surface area contributed by atoms with Crippen molar-refractivity contribution in [1.29, 1.82) is 5.26 Å². The van der Waals surface area contributed by atoms with Crippen LogP contribution >= 0.6 is 0 Å². The molecule has 0 heterocycles. The van der Waals surface area contributed by atoms with Gasteiger partial charge in [0, 0.05) is 38.8 Å². The van der Waals surface area contributed by atoms with Crippen LogP contribution in [0, 0.1) is 11.3 Å². The minimum atomic E-state index is -0.184. The second kappa shape index (κ2) is 9.59. The molecule has 0 aliphatic carbocycles. The summed E-state index contributed by atoms with van der Waals surface area (Å²) in [6.45, 7) is 10.9. The second-order valence-electron chi connectivity index (χ2n) is 3.84. The van der Waals surface area contributed by atoms with Crippen molar-refractivity contribution in [2.75, 3.05) is 26.3 Å². The molecule has 0 fully saturated rings. The summed E-state index contributed by atoms with van der Waals surface area (Å²) in [5.41, 5.74) is 0. The zero-order valence-electron chi connectivity index (χ0n) is 10.9. The molecule has 0 atom stereocenters. The van der Waals surface area contributed by atoms with Gasteiger partial charge in [-0.2, -0.15) is 5.26 Å². The molecule has 0 aliphatic heterocycles. The third kappa shape index (κ3) is 6.78. The lowest BCUT2D eigenvalue weighted by Crippen LogP contribution is -2.40. The Morgan fingerprint density at radius 3 is 2.12 bits per heavy atom. The van der Waals surface area contributed by atoms with E-state index in [1.54, 1.807) is 0 Å². The molecule has 0 aromatic heterocycles. The SMILES string of the molecule is CCOC(CN(CCC#N)C(C)C)OCC. The van der Waals surface area contributed by atoms with Gasteiger partial charge < -0.3 is 9.47 Å². The summed E-state index contributed by atoms with van der Waals surface area (Å²) in [5, 5.41) is 8.60. The highest BCUT2D eigenvalue weighted by Gasteiger charge is 2.16. The molecule has 0 unspecified atom stereocenters. The van der Waals surface area contributed by atoms with Crippen LogP contribution in [0.3, 0.4) is 0 Å². The predicted octanol–water partition coefficient (Wildman–Crippen LogP) is 2.01. The number of rotatable bonds is 9. The lowest BCUT2D eigenvalue weighted by atomic mass is 10.3. The highest BCUT2D eigenvalue weighted by molar-refractivity contribution is 4.74. The highest BCUT2D eigenvalue weighted by Crippen LogP contribution is 2.05. The van der Waals surface area contributed by atoms with Crippen molar-refractivity contribution >= 4 is 0 Å². The number of ether oxygens (including phenoxy) is 2. The summed E-state index contributed by atoms with van der Waals surface area (Å²) in [6, 6.07) is 2.57. The van der Waals surface area contributed by atoms with E-state index in [4.69, 9.17) is 14.7 Å². The van der Waals surface area contributed by atoms with Crippen molar-refractivity contribution in [2.24, 2.45) is 0 Å². The Morgan fingerprint density at radius 2 is 1.75 bits per heavy atom. The molecule has 16 heavy (non-hydrogen) atoms. The van der Waals surface area contributed by atoms with Crippen molar-refractivity contribution in [2.45, 2.75) is 46.4 Å². The van der Waals surface area contributed by atoms with Crippen LogP contribution in [-0.2, 0) is 9.47 Å². The maximum atomic E-state index is 8.60. The molecule has 0 amide bonds. The van der Waals surface area contributed by atoms with Crippen LogP contribution in [0.1, 0.15) is 34.1 Å². The Bertz CT molecular complexity index is 196. The van der Waals surface area contributed by atoms with Gasteiger partial charge >= 0.3 is 0 Å². The van der Waals surface area contributed by atoms with Gasteiger partial charge in [0.05, 0.1) is 6.07 Å². The average Bonchev–Trinajstić information content (AvgIpc) is 2.24. The Kier molecular flexibility index (Phi) is 9.21. The molecule has 0 aromatic rings. The summed E-state index contributed by atoms with van der Waals surface area (Å²) < 4.78 is 11.0. The van der Waals surface area contributed by atoms with Crippen LogP contribution in [0.4, 0.5) is 0 Å². The van der Waals surface area contributed by atoms with Crippen LogP contribution in [0.25, 0.3) is 0 Å². The molecule has 0 radical (unpaired) electrons. The minimum Gasteiger partial charge on any atom is -0.352 e. The highest BCUT2D eigenvalue weighted by atomic mass is 16.7. The fourth-order valence-corrected chi connectivity index (χ4v) is 1.47. The normalized spacial score (nSPS) is 11.4. The van der Waals surface area contributed by atoms with Gasteiger partial charge in [-0.1, -0.05) is 0 Å². The second-order valence-corrected chi connectivity index (χ2v) is 3.84. The van der Waals surface area contributed by atoms with E-state index >= 15 is 0 Å². The van der Waals surface area contributed by atoms with E-state index in [-0.39, 0.29) is 6.29 Å². The van der Waals surface area contributed by atoms with Crippen LogP contribution < -0.4 is 0 Å². The van der Waals surface area contributed by atoms with E-state index in [0.29, 0.717) is 25.7 Å². The predicted molar refractivity (Wildman–Crippen MR) is 64.0 cm³/mol. The van der Waals surface area contributed by atoms with Crippen molar-refractivity contribution in [3.8, 4) is 6.07 Å². The molecule has 0 aliphatic rings. The topological polar surface area (TPSA) is 45.5 Å². The van der Waals surface area contributed by atoms with Gasteiger partial charge in [-0.15, -0.1) is 0 Å². The van der Waals surface area contributed by atoms with Gasteiger partial charge in [0.2, 0.25) is 0 Å². The van der Waals surface area contributed by atoms with Crippen LogP contribution in [0.5, 0.6) is 0 Å². The first-order valence-corrected chi connectivity index (χ1v) is 5.99. The molecule has 0 saturated heterocycles. The molecule has 0 N–H and O–H groups in total. The van der Waals surface area contributed by atoms with Crippen LogP contribution in [0.2, 0.25) is 0 Å². The average molecular weight is 228 g/mol. The van der Waals surface area contributed by atoms with Crippen LogP contribution in [0.15, 0.2) is 0 Å². The van der Waals surface area contributed by atoms with Crippen molar-refractivity contribution in [3.63, 3.8) is 0 Å². The fourth-order valence-electron chi connectivity index (χ4n) is 1.47. The summed E-state index contributed by atoms with van der Waals surface area (Å²) in [4.78, 5) is 2.21. The molecule has 0 bridgehead atoms. The van der Waals surface area contributed by atoms with E-state index in [9.17, 15) is 0 Å². The molecule has 0 saturated carbocycles. The van der Waals surface area contributed by atoms with Crippen molar-refractivity contribution in [1.82, 2.24) is 4.90 Å². The molecule has 0 spiro atoms. The third-order valence-corrected chi connectivity index (χ3v) is 2.33. The van der Waals surface area contributed by atoms with Gasteiger partial charge in [-0.05, 0) is 27.7 Å². The largest absolute Gasteiger partial charge is 0.352 e. The maximum absolute atomic E-state index is 8.60. The zero-order valence-corrected chi connectivity index (χ0v) is 10.9. The molecule has 94 valence electrons. The van der Waals surface area contributed by atoms with E-state index in [2.05, 4.69) is 24.8 Å². The summed E-state index contributed by atoms with van der Waals surface area (Å²) >= 11 is 0. The quantitative estimate of drug-likeness (QED) is 0.566. The summed E-state index contributed by atoms with van der Waals surface area (Å²) in [7, 11) is 0. The lowest BCUT2D eigenvalue weighted by Gasteiger charge is -2.29. The maximum Gasteiger partial charge on any atom is 0.170 e. The monoisotopic (exact) mass is 228 g/mol. The Hall–Kier alpha value is -0.630. The number of nitriles is 1. The van der Waals surface area contributed by atoms with E-state index in [1.165, 1.54) is 0 Å². The molecule has 0 rings (SSSR count). The number of hydrogen-bond acceptors (Lipinski definition) is 4.